The van der Waals surface area contributed by atoms with Crippen LogP contribution in [-0.2, 0) is 0 Å². The molecule has 1 heteroatoms. The van der Waals surface area contributed by atoms with Crippen molar-refractivity contribution in [2.24, 2.45) is 11.3 Å². The first-order chi connectivity index (χ1) is 4.18. The fourth-order valence-corrected chi connectivity index (χ4v) is 2.75. The molecule has 0 atom stereocenters. The molecule has 1 aliphatic carbocycles. The van der Waals surface area contributed by atoms with E-state index in [1.54, 1.807) is 0 Å². The molecule has 0 unspecified atom stereocenters. The van der Waals surface area contributed by atoms with Crippen molar-refractivity contribution in [3.63, 3.8) is 0 Å². The minimum atomic E-state index is 0.720. The summed E-state index contributed by atoms with van der Waals surface area (Å²) in [6, 6.07) is 0. The summed E-state index contributed by atoms with van der Waals surface area (Å²) >= 11 is 0. The maximum atomic E-state index is 2.47. The summed E-state index contributed by atoms with van der Waals surface area (Å²) in [6.07, 6.45) is 2.99. The molecule has 9 heavy (non-hydrogen) atoms. The third-order valence-electron chi connectivity index (χ3n) is 2.78. The Bertz CT molecular complexity index is 122. The second-order valence-electron chi connectivity index (χ2n) is 4.28. The lowest BCUT2D eigenvalue weighted by molar-refractivity contribution is -0.0359. The van der Waals surface area contributed by atoms with E-state index in [0.29, 0.717) is 0 Å². The van der Waals surface area contributed by atoms with Crippen molar-refractivity contribution < 1.29 is 0 Å². The predicted molar refractivity (Wildman–Crippen MR) is 38.3 cm³/mol. The van der Waals surface area contributed by atoms with Gasteiger partial charge in [-0.15, -0.1) is 0 Å². The first-order valence-electron chi connectivity index (χ1n) is 3.87. The third kappa shape index (κ3) is 0.787. The highest BCUT2D eigenvalue weighted by molar-refractivity contribution is 4.97. The maximum absolute atomic E-state index is 2.47. The number of nitrogens with zero attached hydrogens (tertiary/aromatic N) is 1. The zero-order valence-corrected chi connectivity index (χ0v) is 6.35. The third-order valence-corrected chi connectivity index (χ3v) is 2.78. The van der Waals surface area contributed by atoms with E-state index in [4.69, 9.17) is 0 Å². The van der Waals surface area contributed by atoms with Crippen LogP contribution in [-0.4, -0.2) is 25.0 Å². The molecule has 0 amide bonds. The van der Waals surface area contributed by atoms with Crippen LogP contribution in [0.4, 0.5) is 0 Å². The lowest BCUT2D eigenvalue weighted by Crippen LogP contribution is -2.53. The van der Waals surface area contributed by atoms with Gasteiger partial charge in [-0.25, -0.2) is 0 Å². The van der Waals surface area contributed by atoms with Crippen LogP contribution in [0.3, 0.4) is 0 Å². The average molecular weight is 125 g/mol. The normalized spacial score (nSPS) is 50.7. The molecular formula is C8H15N. The van der Waals surface area contributed by atoms with E-state index >= 15 is 0 Å². The van der Waals surface area contributed by atoms with Crippen molar-refractivity contribution in [2.75, 3.05) is 20.1 Å². The Morgan fingerprint density at radius 1 is 1.44 bits per heavy atom. The van der Waals surface area contributed by atoms with Gasteiger partial charge in [0.15, 0.2) is 0 Å². The van der Waals surface area contributed by atoms with Gasteiger partial charge in [-0.2, -0.15) is 0 Å². The van der Waals surface area contributed by atoms with Crippen molar-refractivity contribution in [3.05, 3.63) is 0 Å². The van der Waals surface area contributed by atoms with Crippen LogP contribution >= 0.6 is 0 Å². The Hall–Kier alpha value is -0.0400. The van der Waals surface area contributed by atoms with Crippen molar-refractivity contribution in [1.82, 2.24) is 4.90 Å². The molecule has 2 saturated heterocycles. The van der Waals surface area contributed by atoms with Gasteiger partial charge in [-0.3, -0.25) is 0 Å². The maximum Gasteiger partial charge on any atom is 0.00326 e. The molecule has 1 saturated carbocycles. The zero-order chi connectivity index (χ0) is 6.48. The molecule has 0 aromatic rings. The van der Waals surface area contributed by atoms with E-state index in [0.717, 1.165) is 11.3 Å². The topological polar surface area (TPSA) is 3.24 Å². The van der Waals surface area contributed by atoms with Gasteiger partial charge in [-0.05, 0) is 31.2 Å². The minimum absolute atomic E-state index is 0.720. The molecule has 3 rings (SSSR count). The quantitative estimate of drug-likeness (QED) is 0.472. The largest absolute Gasteiger partial charge is 0.306 e. The highest BCUT2D eigenvalue weighted by atomic mass is 15.1. The zero-order valence-electron chi connectivity index (χ0n) is 6.35. The van der Waals surface area contributed by atoms with E-state index in [2.05, 4.69) is 18.9 Å². The van der Waals surface area contributed by atoms with Crippen LogP contribution in [0.15, 0.2) is 0 Å². The summed E-state index contributed by atoms with van der Waals surface area (Å²) in [5.41, 5.74) is 0.720. The van der Waals surface area contributed by atoms with E-state index in [1.807, 2.05) is 0 Å². The van der Waals surface area contributed by atoms with Crippen LogP contribution < -0.4 is 0 Å². The van der Waals surface area contributed by atoms with Gasteiger partial charge in [0.05, 0.1) is 0 Å². The summed E-state index contributed by atoms with van der Waals surface area (Å²) < 4.78 is 0. The van der Waals surface area contributed by atoms with Crippen molar-refractivity contribution in [3.8, 4) is 0 Å². The molecule has 2 heterocycles. The lowest BCUT2D eigenvalue weighted by Gasteiger charge is -2.54. The van der Waals surface area contributed by atoms with Crippen LogP contribution in [0.5, 0.6) is 0 Å². The molecule has 0 aromatic heterocycles. The number of hydrogen-bond acceptors (Lipinski definition) is 1. The van der Waals surface area contributed by atoms with E-state index < -0.39 is 0 Å². The molecule has 3 aliphatic rings. The molecular weight excluding hydrogens is 110 g/mol. The van der Waals surface area contributed by atoms with Gasteiger partial charge >= 0.3 is 0 Å². The van der Waals surface area contributed by atoms with E-state index in [-0.39, 0.29) is 0 Å². The van der Waals surface area contributed by atoms with Gasteiger partial charge in [0, 0.05) is 13.1 Å². The predicted octanol–water partition coefficient (Wildman–Crippen LogP) is 1.35. The lowest BCUT2D eigenvalue weighted by atomic mass is 9.60. The summed E-state index contributed by atoms with van der Waals surface area (Å²) in [5.74, 6) is 1.05. The van der Waals surface area contributed by atoms with Crippen LogP contribution in [0, 0.1) is 11.3 Å². The summed E-state index contributed by atoms with van der Waals surface area (Å²) in [4.78, 5) is 2.47. The Balaban J connectivity index is 2.05. The smallest absolute Gasteiger partial charge is 0.00326 e. The van der Waals surface area contributed by atoms with Gasteiger partial charge in [0.2, 0.25) is 0 Å². The monoisotopic (exact) mass is 125 g/mol. The van der Waals surface area contributed by atoms with Crippen molar-refractivity contribution >= 4 is 0 Å². The molecule has 2 bridgehead atoms. The van der Waals surface area contributed by atoms with Gasteiger partial charge in [0.25, 0.3) is 0 Å². The van der Waals surface area contributed by atoms with E-state index in [1.165, 1.54) is 25.9 Å². The number of piperidine rings is 2. The Morgan fingerprint density at radius 3 is 2.44 bits per heavy atom. The molecule has 52 valence electrons. The van der Waals surface area contributed by atoms with E-state index in [9.17, 15) is 0 Å². The SMILES string of the molecule is CN1CC2CC(C)(C2)C1. The summed E-state index contributed by atoms with van der Waals surface area (Å²) in [6.45, 7) is 5.11. The Kier molecular flexibility index (Phi) is 0.963. The number of rotatable bonds is 0. The number of fused-ring (bicyclic) bond motifs is 2. The summed E-state index contributed by atoms with van der Waals surface area (Å²) in [7, 11) is 2.24. The second-order valence-corrected chi connectivity index (χ2v) is 4.28. The molecule has 0 radical (unpaired) electrons. The molecule has 3 fully saturated rings. The average Bonchev–Trinajstić information content (AvgIpc) is 1.58. The fourth-order valence-electron chi connectivity index (χ4n) is 2.75. The summed E-state index contributed by atoms with van der Waals surface area (Å²) in [5, 5.41) is 0. The minimum Gasteiger partial charge on any atom is -0.306 e. The first kappa shape index (κ1) is 5.72. The molecule has 0 aromatic carbocycles. The van der Waals surface area contributed by atoms with Gasteiger partial charge < -0.3 is 4.90 Å². The molecule has 1 nitrogen and oxygen atoms in total. The van der Waals surface area contributed by atoms with Gasteiger partial charge in [-0.1, -0.05) is 6.92 Å². The molecule has 0 spiro atoms. The van der Waals surface area contributed by atoms with Crippen LogP contribution in [0.1, 0.15) is 19.8 Å². The standard InChI is InChI=1S/C8H15N/c1-8-3-7(4-8)5-9(2)6-8/h7H,3-6H2,1-2H3. The Morgan fingerprint density at radius 2 is 2.11 bits per heavy atom. The van der Waals surface area contributed by atoms with Crippen LogP contribution in [0.2, 0.25) is 0 Å². The highest BCUT2D eigenvalue weighted by Crippen LogP contribution is 2.49. The molecule has 2 aliphatic heterocycles. The Labute approximate surface area is 57.0 Å². The van der Waals surface area contributed by atoms with Crippen molar-refractivity contribution in [2.45, 2.75) is 19.8 Å². The van der Waals surface area contributed by atoms with Crippen LogP contribution in [0.25, 0.3) is 0 Å². The first-order valence-corrected chi connectivity index (χ1v) is 3.87. The second kappa shape index (κ2) is 1.51. The number of hydrogen-bond donors (Lipinski definition) is 0. The molecule has 0 N–H and O–H groups in total. The van der Waals surface area contributed by atoms with Crippen molar-refractivity contribution in [1.29, 1.82) is 0 Å². The highest BCUT2D eigenvalue weighted by Gasteiger charge is 2.45. The van der Waals surface area contributed by atoms with Gasteiger partial charge in [0.1, 0.15) is 0 Å². The fraction of sp³-hybridized carbons (Fsp3) is 1.00.